The molecule has 0 bridgehead atoms. The number of sulfone groups is 1. The Labute approximate surface area is 82.5 Å². The van der Waals surface area contributed by atoms with Crippen LogP contribution in [0.1, 0.15) is 18.3 Å². The minimum Gasteiger partial charge on any atom is -0.467 e. The summed E-state index contributed by atoms with van der Waals surface area (Å²) in [5, 5.41) is 9.78. The van der Waals surface area contributed by atoms with Gasteiger partial charge < -0.3 is 9.52 Å². The smallest absolute Gasteiger partial charge is 0.150 e. The van der Waals surface area contributed by atoms with Crippen molar-refractivity contribution in [3.63, 3.8) is 0 Å². The summed E-state index contributed by atoms with van der Waals surface area (Å²) in [5.41, 5.74) is 0. The summed E-state index contributed by atoms with van der Waals surface area (Å²) in [6, 6.07) is 3.34. The van der Waals surface area contributed by atoms with Gasteiger partial charge in [-0.25, -0.2) is 8.42 Å². The van der Waals surface area contributed by atoms with E-state index in [9.17, 15) is 13.5 Å². The van der Waals surface area contributed by atoms with Gasteiger partial charge in [-0.3, -0.25) is 0 Å². The van der Waals surface area contributed by atoms with Gasteiger partial charge in [-0.2, -0.15) is 0 Å². The Kier molecular flexibility index (Phi) is 2.36. The van der Waals surface area contributed by atoms with Crippen LogP contribution in [-0.2, 0) is 9.84 Å². The fourth-order valence-corrected chi connectivity index (χ4v) is 3.59. The molecular formula is C9H12O4S. The highest BCUT2D eigenvalue weighted by Gasteiger charge is 2.34. The first-order valence-corrected chi connectivity index (χ1v) is 6.32. The third-order valence-corrected chi connectivity index (χ3v) is 4.34. The molecule has 78 valence electrons. The molecule has 4 nitrogen and oxygen atoms in total. The number of furan rings is 1. The summed E-state index contributed by atoms with van der Waals surface area (Å²) in [7, 11) is -2.93. The summed E-state index contributed by atoms with van der Waals surface area (Å²) in [6.45, 7) is 0. The van der Waals surface area contributed by atoms with Crippen molar-refractivity contribution in [2.24, 2.45) is 5.92 Å². The van der Waals surface area contributed by atoms with Crippen molar-refractivity contribution in [2.75, 3.05) is 11.5 Å². The van der Waals surface area contributed by atoms with Gasteiger partial charge in [-0.15, -0.1) is 0 Å². The van der Waals surface area contributed by atoms with Crippen LogP contribution in [0.5, 0.6) is 0 Å². The third kappa shape index (κ3) is 1.83. The largest absolute Gasteiger partial charge is 0.467 e. The van der Waals surface area contributed by atoms with Crippen LogP contribution in [-0.4, -0.2) is 25.0 Å². The van der Waals surface area contributed by atoms with Crippen LogP contribution in [0.25, 0.3) is 0 Å². The van der Waals surface area contributed by atoms with E-state index in [1.165, 1.54) is 6.26 Å². The molecule has 1 fully saturated rings. The van der Waals surface area contributed by atoms with Gasteiger partial charge in [-0.1, -0.05) is 0 Å². The second-order valence-electron chi connectivity index (χ2n) is 3.62. The van der Waals surface area contributed by atoms with Crippen LogP contribution in [0.4, 0.5) is 0 Å². The maximum atomic E-state index is 11.2. The van der Waals surface area contributed by atoms with Crippen molar-refractivity contribution in [3.8, 4) is 0 Å². The van der Waals surface area contributed by atoms with E-state index in [0.29, 0.717) is 12.2 Å². The fraction of sp³-hybridized carbons (Fsp3) is 0.556. The zero-order valence-corrected chi connectivity index (χ0v) is 8.40. The molecule has 2 heterocycles. The van der Waals surface area contributed by atoms with E-state index in [1.54, 1.807) is 12.1 Å². The molecule has 0 aromatic carbocycles. The highest BCUT2D eigenvalue weighted by molar-refractivity contribution is 7.91. The van der Waals surface area contributed by atoms with Gasteiger partial charge in [0, 0.05) is 5.92 Å². The number of hydrogen-bond donors (Lipinski definition) is 1. The minimum absolute atomic E-state index is 0.0644. The van der Waals surface area contributed by atoms with Gasteiger partial charge in [0.2, 0.25) is 0 Å². The monoisotopic (exact) mass is 216 g/mol. The van der Waals surface area contributed by atoms with Crippen LogP contribution in [0, 0.1) is 5.92 Å². The summed E-state index contributed by atoms with van der Waals surface area (Å²) >= 11 is 0. The Bertz CT molecular complexity index is 392. The van der Waals surface area contributed by atoms with E-state index >= 15 is 0 Å². The molecule has 1 N–H and O–H groups in total. The molecule has 2 atom stereocenters. The standard InChI is InChI=1S/C9H12O4S/c10-9(8-2-1-4-13-8)7-3-5-14(11,12)6-7/h1-2,4,7,9-10H,3,5-6H2. The lowest BCUT2D eigenvalue weighted by Gasteiger charge is -2.13. The van der Waals surface area contributed by atoms with E-state index in [-0.39, 0.29) is 17.4 Å². The van der Waals surface area contributed by atoms with E-state index in [1.807, 2.05) is 0 Å². The van der Waals surface area contributed by atoms with Gasteiger partial charge in [0.15, 0.2) is 9.84 Å². The average molecular weight is 216 g/mol. The number of aliphatic hydroxyl groups excluding tert-OH is 1. The Morgan fingerprint density at radius 2 is 2.36 bits per heavy atom. The van der Waals surface area contributed by atoms with Crippen LogP contribution >= 0.6 is 0 Å². The molecule has 1 aliphatic heterocycles. The highest BCUT2D eigenvalue weighted by atomic mass is 32.2. The Morgan fingerprint density at radius 3 is 2.86 bits per heavy atom. The predicted octanol–water partition coefficient (Wildman–Crippen LogP) is 0.748. The molecule has 0 spiro atoms. The molecule has 1 saturated heterocycles. The lowest BCUT2D eigenvalue weighted by molar-refractivity contribution is 0.0973. The van der Waals surface area contributed by atoms with Crippen LogP contribution in [0.2, 0.25) is 0 Å². The van der Waals surface area contributed by atoms with Crippen molar-refractivity contribution in [3.05, 3.63) is 24.2 Å². The minimum atomic E-state index is -2.93. The molecule has 0 amide bonds. The first-order valence-electron chi connectivity index (χ1n) is 4.50. The molecule has 2 unspecified atom stereocenters. The van der Waals surface area contributed by atoms with Crippen molar-refractivity contribution in [2.45, 2.75) is 12.5 Å². The number of hydrogen-bond acceptors (Lipinski definition) is 4. The summed E-state index contributed by atoms with van der Waals surface area (Å²) < 4.78 is 27.4. The number of rotatable bonds is 2. The molecule has 0 radical (unpaired) electrons. The zero-order chi connectivity index (χ0) is 10.2. The topological polar surface area (TPSA) is 67.5 Å². The molecule has 5 heteroatoms. The zero-order valence-electron chi connectivity index (χ0n) is 7.59. The van der Waals surface area contributed by atoms with Crippen molar-refractivity contribution < 1.29 is 17.9 Å². The molecule has 0 aliphatic carbocycles. The van der Waals surface area contributed by atoms with Crippen LogP contribution in [0.3, 0.4) is 0 Å². The molecule has 14 heavy (non-hydrogen) atoms. The van der Waals surface area contributed by atoms with Gasteiger partial charge in [0.1, 0.15) is 11.9 Å². The van der Waals surface area contributed by atoms with Gasteiger partial charge >= 0.3 is 0 Å². The van der Waals surface area contributed by atoms with Gasteiger partial charge in [0.05, 0.1) is 17.8 Å². The quantitative estimate of drug-likeness (QED) is 0.792. The molecule has 1 aromatic heterocycles. The van der Waals surface area contributed by atoms with Crippen molar-refractivity contribution in [1.29, 1.82) is 0 Å². The molecule has 1 aliphatic rings. The average Bonchev–Trinajstić information content (AvgIpc) is 2.72. The lowest BCUT2D eigenvalue weighted by Crippen LogP contribution is -2.13. The summed E-state index contributed by atoms with van der Waals surface area (Å²) in [6.07, 6.45) is 1.20. The van der Waals surface area contributed by atoms with Gasteiger partial charge in [-0.05, 0) is 18.6 Å². The number of aliphatic hydroxyl groups is 1. The summed E-state index contributed by atoms with van der Waals surface area (Å²) in [5.74, 6) is 0.475. The lowest BCUT2D eigenvalue weighted by atomic mass is 10.0. The van der Waals surface area contributed by atoms with E-state index in [4.69, 9.17) is 4.42 Å². The molecular weight excluding hydrogens is 204 g/mol. The Balaban J connectivity index is 2.11. The molecule has 2 rings (SSSR count). The van der Waals surface area contributed by atoms with E-state index in [0.717, 1.165) is 0 Å². The van der Waals surface area contributed by atoms with E-state index < -0.39 is 15.9 Å². The van der Waals surface area contributed by atoms with Crippen molar-refractivity contribution in [1.82, 2.24) is 0 Å². The second-order valence-corrected chi connectivity index (χ2v) is 5.85. The highest BCUT2D eigenvalue weighted by Crippen LogP contribution is 2.31. The predicted molar refractivity (Wildman–Crippen MR) is 50.4 cm³/mol. The fourth-order valence-electron chi connectivity index (χ4n) is 1.76. The first-order chi connectivity index (χ1) is 6.58. The normalized spacial score (nSPS) is 27.6. The Morgan fingerprint density at radius 1 is 1.57 bits per heavy atom. The Hall–Kier alpha value is -0.810. The molecule has 0 saturated carbocycles. The maximum absolute atomic E-state index is 11.2. The second kappa shape index (κ2) is 3.40. The third-order valence-electron chi connectivity index (χ3n) is 2.55. The van der Waals surface area contributed by atoms with Crippen LogP contribution < -0.4 is 0 Å². The van der Waals surface area contributed by atoms with E-state index in [2.05, 4.69) is 0 Å². The maximum Gasteiger partial charge on any atom is 0.150 e. The first kappa shape index (κ1) is 9.73. The SMILES string of the molecule is O=S1(=O)CCC(C(O)c2ccco2)C1. The molecule has 1 aromatic rings. The summed E-state index contributed by atoms with van der Waals surface area (Å²) in [4.78, 5) is 0. The van der Waals surface area contributed by atoms with Gasteiger partial charge in [0.25, 0.3) is 0 Å². The van der Waals surface area contributed by atoms with Crippen molar-refractivity contribution >= 4 is 9.84 Å². The van der Waals surface area contributed by atoms with Crippen LogP contribution in [0.15, 0.2) is 22.8 Å².